The first-order chi connectivity index (χ1) is 19.2. The summed E-state index contributed by atoms with van der Waals surface area (Å²) < 4.78 is 12.3. The maximum absolute atomic E-state index is 11.5. The summed E-state index contributed by atoms with van der Waals surface area (Å²) in [6, 6.07) is 0. The van der Waals surface area contributed by atoms with Crippen molar-refractivity contribution in [1.29, 1.82) is 0 Å². The number of hydrogen-bond donors (Lipinski definition) is 6. The first kappa shape index (κ1) is 31.8. The molecule has 0 bridgehead atoms. The Morgan fingerprint density at radius 1 is 0.976 bits per heavy atom. The Bertz CT molecular complexity index is 956. The first-order valence-electron chi connectivity index (χ1n) is 16.3. The van der Waals surface area contributed by atoms with Crippen LogP contribution in [0, 0.1) is 46.3 Å². The van der Waals surface area contributed by atoms with Crippen molar-refractivity contribution in [2.24, 2.45) is 46.3 Å². The van der Waals surface area contributed by atoms with Crippen molar-refractivity contribution in [1.82, 2.24) is 0 Å². The number of allylic oxidation sites excluding steroid dienone is 1. The Hall–Kier alpha value is -0.580. The van der Waals surface area contributed by atoms with Gasteiger partial charge in [0.05, 0.1) is 30.5 Å². The summed E-state index contributed by atoms with van der Waals surface area (Å²) in [7, 11) is 0. The number of aliphatic hydroxyl groups excluding tert-OH is 6. The van der Waals surface area contributed by atoms with Crippen molar-refractivity contribution in [3.8, 4) is 0 Å². The Labute approximate surface area is 246 Å². The predicted molar refractivity (Wildman–Crippen MR) is 154 cm³/mol. The van der Waals surface area contributed by atoms with Gasteiger partial charge in [0.2, 0.25) is 0 Å². The van der Waals surface area contributed by atoms with Gasteiger partial charge in [-0.15, -0.1) is 0 Å². The number of hydrogen-bond acceptors (Lipinski definition) is 8. The third-order valence-corrected chi connectivity index (χ3v) is 12.6. The molecule has 0 unspecified atom stereocenters. The van der Waals surface area contributed by atoms with Gasteiger partial charge < -0.3 is 40.1 Å². The Kier molecular flexibility index (Phi) is 9.11. The van der Waals surface area contributed by atoms with Gasteiger partial charge in [-0.2, -0.15) is 0 Å². The van der Waals surface area contributed by atoms with Gasteiger partial charge in [-0.3, -0.25) is 0 Å². The van der Waals surface area contributed by atoms with E-state index in [4.69, 9.17) is 9.47 Å². The largest absolute Gasteiger partial charge is 0.393 e. The molecule has 4 aliphatic carbocycles. The van der Waals surface area contributed by atoms with Crippen molar-refractivity contribution in [3.05, 3.63) is 11.6 Å². The summed E-state index contributed by atoms with van der Waals surface area (Å²) in [5.74, 6) is 1.54. The molecule has 8 heteroatoms. The van der Waals surface area contributed by atoms with Crippen LogP contribution in [0.2, 0.25) is 0 Å². The van der Waals surface area contributed by atoms with Crippen LogP contribution >= 0.6 is 0 Å². The van der Waals surface area contributed by atoms with E-state index in [2.05, 4.69) is 40.7 Å². The summed E-state index contributed by atoms with van der Waals surface area (Å²) >= 11 is 0. The zero-order valence-electron chi connectivity index (χ0n) is 25.9. The molecule has 16 atom stereocenters. The van der Waals surface area contributed by atoms with Crippen LogP contribution in [0.5, 0.6) is 0 Å². The summed E-state index contributed by atoms with van der Waals surface area (Å²) in [6.45, 7) is 12.7. The van der Waals surface area contributed by atoms with Crippen LogP contribution in [-0.4, -0.2) is 85.8 Å². The highest BCUT2D eigenvalue weighted by molar-refractivity contribution is 5.28. The fraction of sp³-hybridized carbons (Fsp3) is 0.939. The molecule has 1 heterocycles. The molecule has 0 aromatic carbocycles. The second kappa shape index (κ2) is 11.7. The molecule has 6 N–H and O–H groups in total. The molecular formula is C33H56O8. The Morgan fingerprint density at radius 3 is 2.37 bits per heavy atom. The maximum atomic E-state index is 11.5. The summed E-state index contributed by atoms with van der Waals surface area (Å²) in [5.41, 5.74) is 0.739. The number of rotatable bonds is 7. The van der Waals surface area contributed by atoms with Crippen LogP contribution in [0.15, 0.2) is 11.6 Å². The zero-order valence-corrected chi connectivity index (χ0v) is 25.9. The predicted octanol–water partition coefficient (Wildman–Crippen LogP) is 3.15. The van der Waals surface area contributed by atoms with E-state index in [1.54, 1.807) is 6.92 Å². The van der Waals surface area contributed by atoms with Crippen LogP contribution in [0.4, 0.5) is 0 Å². The van der Waals surface area contributed by atoms with Crippen molar-refractivity contribution in [2.75, 3.05) is 0 Å². The van der Waals surface area contributed by atoms with Gasteiger partial charge in [-0.25, -0.2) is 0 Å². The van der Waals surface area contributed by atoms with Gasteiger partial charge >= 0.3 is 0 Å². The molecule has 1 aliphatic heterocycles. The quantitative estimate of drug-likeness (QED) is 0.253. The minimum atomic E-state index is -1.39. The van der Waals surface area contributed by atoms with Crippen molar-refractivity contribution in [2.45, 2.75) is 148 Å². The molecule has 0 aromatic rings. The summed E-state index contributed by atoms with van der Waals surface area (Å²) in [4.78, 5) is 0. The Morgan fingerprint density at radius 2 is 1.68 bits per heavy atom. The molecule has 5 aliphatic rings. The highest BCUT2D eigenvalue weighted by Crippen LogP contribution is 2.67. The second-order valence-electron chi connectivity index (χ2n) is 15.3. The number of aliphatic hydroxyl groups is 6. The summed E-state index contributed by atoms with van der Waals surface area (Å²) in [6.07, 6.45) is 1.01. The minimum absolute atomic E-state index is 0.0233. The van der Waals surface area contributed by atoms with Crippen molar-refractivity contribution < 1.29 is 40.1 Å². The molecule has 0 aromatic heterocycles. The monoisotopic (exact) mass is 580 g/mol. The molecule has 3 saturated carbocycles. The average Bonchev–Trinajstić information content (AvgIpc) is 3.19. The maximum Gasteiger partial charge on any atom is 0.186 e. The van der Waals surface area contributed by atoms with Gasteiger partial charge in [0.1, 0.15) is 18.3 Å². The molecular weight excluding hydrogens is 524 g/mol. The van der Waals surface area contributed by atoms with E-state index in [9.17, 15) is 30.6 Å². The van der Waals surface area contributed by atoms with Crippen LogP contribution in [0.25, 0.3) is 0 Å². The van der Waals surface area contributed by atoms with Crippen LogP contribution in [-0.2, 0) is 9.47 Å². The van der Waals surface area contributed by atoms with Gasteiger partial charge in [0.15, 0.2) is 6.29 Å². The van der Waals surface area contributed by atoms with Gasteiger partial charge in [-0.05, 0) is 92.8 Å². The van der Waals surface area contributed by atoms with E-state index in [-0.39, 0.29) is 28.6 Å². The van der Waals surface area contributed by atoms with E-state index < -0.39 is 55.1 Å². The molecule has 5 rings (SSSR count). The molecule has 41 heavy (non-hydrogen) atoms. The SMILES string of the molecule is CC(C)CC[C@H](O)[C@@H](C)[C@H]1[C@@H](O)C[C@H]2[C@@H]3CC=C4C[C@@H](O)C[C@@H](O[C@@H]5O[C@@H](C)[C@H](O)[C@@H](O)[C@H]5O)[C@]4(C)[C@H]3CC[C@]12C. The smallest absolute Gasteiger partial charge is 0.186 e. The highest BCUT2D eigenvalue weighted by atomic mass is 16.7. The van der Waals surface area contributed by atoms with Crippen LogP contribution in [0.1, 0.15) is 92.9 Å². The zero-order chi connectivity index (χ0) is 30.0. The van der Waals surface area contributed by atoms with Gasteiger partial charge in [0.25, 0.3) is 0 Å². The van der Waals surface area contributed by atoms with Gasteiger partial charge in [0, 0.05) is 11.8 Å². The number of ether oxygens (including phenoxy) is 2. The molecule has 8 nitrogen and oxygen atoms in total. The van der Waals surface area contributed by atoms with Gasteiger partial charge in [-0.1, -0.05) is 46.3 Å². The lowest BCUT2D eigenvalue weighted by atomic mass is 9.46. The minimum Gasteiger partial charge on any atom is -0.393 e. The normalized spacial score (nSPS) is 51.4. The average molecular weight is 581 g/mol. The first-order valence-corrected chi connectivity index (χ1v) is 16.3. The lowest BCUT2D eigenvalue weighted by Gasteiger charge is -2.60. The van der Waals surface area contributed by atoms with E-state index in [0.29, 0.717) is 30.6 Å². The fourth-order valence-electron chi connectivity index (χ4n) is 10.2. The topological polar surface area (TPSA) is 140 Å². The lowest BCUT2D eigenvalue weighted by Crippen LogP contribution is -2.61. The molecule has 236 valence electrons. The standard InChI is InChI=1S/C33H56O8/c1-16(2)7-10-24(35)17(3)27-25(36)15-23-21-9-8-19-13-20(34)14-26(33(19,6)22(21)11-12-32(23,27)5)41-31-30(39)29(38)28(37)18(4)40-31/h8,16-18,20-31,34-39H,7,9-15H2,1-6H3/t17-,18+,20-,21-,22+,23+,24+,25+,26-,27+,28+,29-,30-,31+,32+,33+/m1/s1. The Balaban J connectivity index is 1.40. The molecule has 1 saturated heterocycles. The van der Waals surface area contributed by atoms with Crippen molar-refractivity contribution in [3.63, 3.8) is 0 Å². The fourth-order valence-corrected chi connectivity index (χ4v) is 10.2. The lowest BCUT2D eigenvalue weighted by molar-refractivity contribution is -0.318. The third kappa shape index (κ3) is 5.37. The summed E-state index contributed by atoms with van der Waals surface area (Å²) in [5, 5.41) is 64.8. The highest BCUT2D eigenvalue weighted by Gasteiger charge is 2.64. The number of fused-ring (bicyclic) bond motifs is 5. The molecule has 0 spiro atoms. The molecule has 0 radical (unpaired) electrons. The second-order valence-corrected chi connectivity index (χ2v) is 15.3. The van der Waals surface area contributed by atoms with Crippen LogP contribution < -0.4 is 0 Å². The van der Waals surface area contributed by atoms with E-state index >= 15 is 0 Å². The van der Waals surface area contributed by atoms with E-state index in [0.717, 1.165) is 38.5 Å². The van der Waals surface area contributed by atoms with Crippen LogP contribution in [0.3, 0.4) is 0 Å². The molecule has 0 amide bonds. The molecule has 4 fully saturated rings. The van der Waals surface area contributed by atoms with Crippen molar-refractivity contribution >= 4 is 0 Å². The van der Waals surface area contributed by atoms with E-state index in [1.165, 1.54) is 5.57 Å². The third-order valence-electron chi connectivity index (χ3n) is 12.6. The van der Waals surface area contributed by atoms with E-state index in [1.807, 2.05) is 0 Å².